The number of ether oxygens (including phenoxy) is 3. The second kappa shape index (κ2) is 18.1. The summed E-state index contributed by atoms with van der Waals surface area (Å²) in [5.41, 5.74) is 1.14. The lowest BCUT2D eigenvalue weighted by Crippen LogP contribution is -1.99. The van der Waals surface area contributed by atoms with Gasteiger partial charge in [-0.25, -0.2) is 0 Å². The van der Waals surface area contributed by atoms with Crippen LogP contribution in [0.1, 0.15) is 115 Å². The molecule has 0 saturated heterocycles. The first-order valence-corrected chi connectivity index (χ1v) is 14.9. The Morgan fingerprint density at radius 3 is 1.50 bits per heavy atom. The van der Waals surface area contributed by atoms with Gasteiger partial charge in [0.1, 0.15) is 23.9 Å². The van der Waals surface area contributed by atoms with E-state index in [1.807, 2.05) is 36.4 Å². The van der Waals surface area contributed by atoms with E-state index in [1.54, 1.807) is 0 Å². The quantitative estimate of drug-likeness (QED) is 0.152. The van der Waals surface area contributed by atoms with Gasteiger partial charge in [0.2, 0.25) is 0 Å². The normalized spacial score (nSPS) is 13.0. The third kappa shape index (κ3) is 13.2. The predicted octanol–water partition coefficient (Wildman–Crippen LogP) is 9.91. The Bertz CT molecular complexity index is 780. The Balaban J connectivity index is 1.18. The fraction of sp³-hybridized carbons (Fsp3) is 0.636. The first kappa shape index (κ1) is 28.4. The molecule has 0 spiro atoms. The number of hydrogen-bond donors (Lipinski definition) is 0. The van der Waals surface area contributed by atoms with E-state index in [0.29, 0.717) is 6.61 Å². The van der Waals surface area contributed by atoms with Gasteiger partial charge in [0.25, 0.3) is 0 Å². The number of rotatable bonds is 22. The summed E-state index contributed by atoms with van der Waals surface area (Å²) in [4.78, 5) is 0. The minimum Gasteiger partial charge on any atom is -0.494 e. The Morgan fingerprint density at radius 1 is 0.528 bits per heavy atom. The van der Waals surface area contributed by atoms with Crippen LogP contribution in [0.5, 0.6) is 17.2 Å². The molecule has 0 atom stereocenters. The van der Waals surface area contributed by atoms with Crippen LogP contribution in [0.4, 0.5) is 0 Å². The number of benzene rings is 2. The van der Waals surface area contributed by atoms with Crippen molar-refractivity contribution >= 4 is 0 Å². The molecule has 1 fully saturated rings. The van der Waals surface area contributed by atoms with Crippen molar-refractivity contribution in [2.75, 3.05) is 13.2 Å². The molecule has 1 aliphatic carbocycles. The molecule has 2 aromatic carbocycles. The summed E-state index contributed by atoms with van der Waals surface area (Å²) in [7, 11) is 0. The zero-order chi connectivity index (χ0) is 25.1. The van der Waals surface area contributed by atoms with E-state index >= 15 is 0 Å². The molecule has 3 nitrogen and oxygen atoms in total. The summed E-state index contributed by atoms with van der Waals surface area (Å²) in [6, 6.07) is 16.3. The van der Waals surface area contributed by atoms with Crippen molar-refractivity contribution in [3.05, 3.63) is 54.1 Å². The van der Waals surface area contributed by atoms with E-state index in [4.69, 9.17) is 14.2 Å². The highest BCUT2D eigenvalue weighted by Crippen LogP contribution is 2.34. The standard InChI is InChI=1S/C33H50O3/c1-2-3-4-5-10-13-26-34-31-20-18-30(19-21-31)28-36-33-24-22-32(23-25-33)35-27-14-11-8-6-7-9-12-15-29-16-17-29/h18-25,29H,2-17,26-28H2,1H3. The van der Waals surface area contributed by atoms with Gasteiger partial charge in [-0.1, -0.05) is 109 Å². The van der Waals surface area contributed by atoms with Gasteiger partial charge in [-0.15, -0.1) is 0 Å². The summed E-state index contributed by atoms with van der Waals surface area (Å²) in [6.07, 6.45) is 21.6. The van der Waals surface area contributed by atoms with E-state index < -0.39 is 0 Å². The van der Waals surface area contributed by atoms with E-state index in [9.17, 15) is 0 Å². The maximum atomic E-state index is 5.95. The van der Waals surface area contributed by atoms with Crippen LogP contribution in [0.15, 0.2) is 48.5 Å². The fourth-order valence-corrected chi connectivity index (χ4v) is 4.57. The molecular weight excluding hydrogens is 444 g/mol. The zero-order valence-corrected chi connectivity index (χ0v) is 22.9. The molecule has 0 heterocycles. The van der Waals surface area contributed by atoms with E-state index in [1.165, 1.54) is 89.9 Å². The smallest absolute Gasteiger partial charge is 0.120 e. The second-order valence-corrected chi connectivity index (χ2v) is 10.6. The van der Waals surface area contributed by atoms with Crippen molar-refractivity contribution in [3.63, 3.8) is 0 Å². The molecule has 36 heavy (non-hydrogen) atoms. The van der Waals surface area contributed by atoms with Gasteiger partial charge < -0.3 is 14.2 Å². The molecule has 0 N–H and O–H groups in total. The molecule has 0 aromatic heterocycles. The highest BCUT2D eigenvalue weighted by atomic mass is 16.5. The summed E-state index contributed by atoms with van der Waals surface area (Å²) in [6.45, 7) is 4.41. The first-order valence-electron chi connectivity index (χ1n) is 14.9. The molecule has 200 valence electrons. The van der Waals surface area contributed by atoms with E-state index in [0.717, 1.165) is 54.8 Å². The van der Waals surface area contributed by atoms with E-state index in [-0.39, 0.29) is 0 Å². The van der Waals surface area contributed by atoms with Crippen LogP contribution >= 0.6 is 0 Å². The van der Waals surface area contributed by atoms with E-state index in [2.05, 4.69) is 19.1 Å². The number of hydrogen-bond acceptors (Lipinski definition) is 3. The Hall–Kier alpha value is -2.16. The fourth-order valence-electron chi connectivity index (χ4n) is 4.57. The molecule has 3 heteroatoms. The van der Waals surface area contributed by atoms with Crippen LogP contribution in [0, 0.1) is 5.92 Å². The molecule has 0 radical (unpaired) electrons. The van der Waals surface area contributed by atoms with Crippen LogP contribution in [0.25, 0.3) is 0 Å². The minimum atomic E-state index is 0.554. The van der Waals surface area contributed by atoms with Crippen molar-refractivity contribution in [3.8, 4) is 17.2 Å². The van der Waals surface area contributed by atoms with Crippen molar-refractivity contribution in [2.24, 2.45) is 5.92 Å². The average Bonchev–Trinajstić information content (AvgIpc) is 3.74. The van der Waals surface area contributed by atoms with Gasteiger partial charge in [-0.2, -0.15) is 0 Å². The van der Waals surface area contributed by atoms with Gasteiger partial charge in [0.05, 0.1) is 13.2 Å². The lowest BCUT2D eigenvalue weighted by molar-refractivity contribution is 0.295. The molecule has 1 aliphatic rings. The molecule has 0 unspecified atom stereocenters. The topological polar surface area (TPSA) is 27.7 Å². The van der Waals surface area contributed by atoms with Crippen molar-refractivity contribution < 1.29 is 14.2 Å². The third-order valence-electron chi connectivity index (χ3n) is 7.14. The lowest BCUT2D eigenvalue weighted by Gasteiger charge is -2.10. The SMILES string of the molecule is CCCCCCCCOc1ccc(COc2ccc(OCCCCCCCCCC3CC3)cc2)cc1. The van der Waals surface area contributed by atoms with Gasteiger partial charge in [-0.05, 0) is 60.7 Å². The lowest BCUT2D eigenvalue weighted by atomic mass is 10.1. The number of unbranched alkanes of at least 4 members (excludes halogenated alkanes) is 11. The Kier molecular flexibility index (Phi) is 14.3. The molecule has 1 saturated carbocycles. The molecule has 0 aliphatic heterocycles. The van der Waals surface area contributed by atoms with Gasteiger partial charge in [0, 0.05) is 0 Å². The Morgan fingerprint density at radius 2 is 0.972 bits per heavy atom. The van der Waals surface area contributed by atoms with Crippen LogP contribution < -0.4 is 14.2 Å². The predicted molar refractivity (Wildman–Crippen MR) is 151 cm³/mol. The molecular formula is C33H50O3. The van der Waals surface area contributed by atoms with Crippen molar-refractivity contribution in [2.45, 2.75) is 116 Å². The maximum absolute atomic E-state index is 5.95. The maximum Gasteiger partial charge on any atom is 0.120 e. The second-order valence-electron chi connectivity index (χ2n) is 10.6. The third-order valence-corrected chi connectivity index (χ3v) is 7.14. The average molecular weight is 495 g/mol. The Labute approximate surface area is 220 Å². The molecule has 0 amide bonds. The van der Waals surface area contributed by atoms with Crippen molar-refractivity contribution in [1.29, 1.82) is 0 Å². The summed E-state index contributed by atoms with van der Waals surface area (Å²) in [5.74, 6) is 3.83. The van der Waals surface area contributed by atoms with Gasteiger partial charge in [0.15, 0.2) is 0 Å². The summed E-state index contributed by atoms with van der Waals surface area (Å²) in [5, 5.41) is 0. The highest BCUT2D eigenvalue weighted by molar-refractivity contribution is 5.32. The van der Waals surface area contributed by atoms with Crippen LogP contribution in [-0.4, -0.2) is 13.2 Å². The monoisotopic (exact) mass is 494 g/mol. The van der Waals surface area contributed by atoms with Gasteiger partial charge in [-0.3, -0.25) is 0 Å². The van der Waals surface area contributed by atoms with Crippen molar-refractivity contribution in [1.82, 2.24) is 0 Å². The van der Waals surface area contributed by atoms with Crippen LogP contribution in [0.3, 0.4) is 0 Å². The largest absolute Gasteiger partial charge is 0.494 e. The molecule has 0 bridgehead atoms. The minimum absolute atomic E-state index is 0.554. The zero-order valence-electron chi connectivity index (χ0n) is 22.9. The summed E-state index contributed by atoms with van der Waals surface area (Å²) >= 11 is 0. The molecule has 2 aromatic rings. The van der Waals surface area contributed by atoms with Crippen LogP contribution in [0.2, 0.25) is 0 Å². The first-order chi connectivity index (χ1) is 17.8. The van der Waals surface area contributed by atoms with Gasteiger partial charge >= 0.3 is 0 Å². The summed E-state index contributed by atoms with van der Waals surface area (Å²) < 4.78 is 17.7. The highest BCUT2D eigenvalue weighted by Gasteiger charge is 2.19. The molecule has 3 rings (SSSR count). The van der Waals surface area contributed by atoms with Crippen LogP contribution in [-0.2, 0) is 6.61 Å².